The Bertz CT molecular complexity index is 1080. The zero-order chi connectivity index (χ0) is 21.3. The SMILES string of the molecule is Cc1cccnc1NC(=O)CCc1nnc2ccc(N3CCC4(CC3)OCCO4)nn12. The van der Waals surface area contributed by atoms with Crippen molar-refractivity contribution in [3.63, 3.8) is 0 Å². The Balaban J connectivity index is 1.25. The maximum absolute atomic E-state index is 12.4. The van der Waals surface area contributed by atoms with Gasteiger partial charge in [0.25, 0.3) is 0 Å². The van der Waals surface area contributed by atoms with Gasteiger partial charge in [-0.15, -0.1) is 15.3 Å². The van der Waals surface area contributed by atoms with Crippen LogP contribution in [0.25, 0.3) is 5.65 Å². The first-order chi connectivity index (χ1) is 15.1. The number of rotatable bonds is 5. The quantitative estimate of drug-likeness (QED) is 0.661. The van der Waals surface area contributed by atoms with E-state index in [0.717, 1.165) is 37.3 Å². The third-order valence-corrected chi connectivity index (χ3v) is 5.82. The van der Waals surface area contributed by atoms with Crippen LogP contribution in [-0.2, 0) is 20.7 Å². The molecular formula is C21H25N7O3. The zero-order valence-electron chi connectivity index (χ0n) is 17.5. The Morgan fingerprint density at radius 2 is 1.97 bits per heavy atom. The number of fused-ring (bicyclic) bond motifs is 1. The molecule has 5 rings (SSSR count). The first-order valence-electron chi connectivity index (χ1n) is 10.6. The van der Waals surface area contributed by atoms with Crippen LogP contribution in [0.4, 0.5) is 11.6 Å². The molecule has 2 aliphatic rings. The van der Waals surface area contributed by atoms with Crippen LogP contribution in [0.3, 0.4) is 0 Å². The van der Waals surface area contributed by atoms with E-state index in [9.17, 15) is 4.79 Å². The largest absolute Gasteiger partial charge is 0.355 e. The summed E-state index contributed by atoms with van der Waals surface area (Å²) >= 11 is 0. The first kappa shape index (κ1) is 19.8. The number of anilines is 2. The van der Waals surface area contributed by atoms with Gasteiger partial charge in [-0.2, -0.15) is 4.52 Å². The monoisotopic (exact) mass is 423 g/mol. The zero-order valence-corrected chi connectivity index (χ0v) is 17.5. The summed E-state index contributed by atoms with van der Waals surface area (Å²) in [6.45, 7) is 4.86. The van der Waals surface area contributed by atoms with Crippen molar-refractivity contribution in [2.45, 2.75) is 38.4 Å². The minimum absolute atomic E-state index is 0.118. The van der Waals surface area contributed by atoms with Crippen LogP contribution < -0.4 is 10.2 Å². The molecule has 10 heteroatoms. The summed E-state index contributed by atoms with van der Waals surface area (Å²) in [5, 5.41) is 16.0. The van der Waals surface area contributed by atoms with E-state index < -0.39 is 5.79 Å². The van der Waals surface area contributed by atoms with Crippen LogP contribution in [0.1, 0.15) is 30.7 Å². The highest BCUT2D eigenvalue weighted by molar-refractivity contribution is 5.90. The Morgan fingerprint density at radius 1 is 1.16 bits per heavy atom. The van der Waals surface area contributed by atoms with Crippen molar-refractivity contribution in [3.8, 4) is 0 Å². The highest BCUT2D eigenvalue weighted by Gasteiger charge is 2.40. The summed E-state index contributed by atoms with van der Waals surface area (Å²) in [6, 6.07) is 7.61. The summed E-state index contributed by atoms with van der Waals surface area (Å²) in [5.41, 5.74) is 1.59. The first-order valence-corrected chi connectivity index (χ1v) is 10.6. The topological polar surface area (TPSA) is 107 Å². The number of nitrogens with zero attached hydrogens (tertiary/aromatic N) is 6. The standard InChI is InChI=1S/C21H25N7O3/c1-15-3-2-10-22-20(15)23-19(29)7-6-17-25-24-16-4-5-18(26-28(16)17)27-11-8-21(9-12-27)30-13-14-31-21/h2-5,10H,6-9,11-14H2,1H3,(H,22,23,29). The van der Waals surface area contributed by atoms with Gasteiger partial charge in [0.15, 0.2) is 17.3 Å². The van der Waals surface area contributed by atoms with Crippen molar-refractivity contribution in [3.05, 3.63) is 41.9 Å². The minimum Gasteiger partial charge on any atom is -0.355 e. The molecule has 3 aromatic heterocycles. The van der Waals surface area contributed by atoms with Gasteiger partial charge in [0, 0.05) is 45.0 Å². The number of carbonyl (C=O) groups excluding carboxylic acids is 1. The van der Waals surface area contributed by atoms with Crippen LogP contribution in [0.15, 0.2) is 30.5 Å². The number of aryl methyl sites for hydroxylation is 2. The number of nitrogens with one attached hydrogen (secondary N) is 1. The lowest BCUT2D eigenvalue weighted by atomic mass is 10.0. The highest BCUT2D eigenvalue weighted by atomic mass is 16.7. The van der Waals surface area contributed by atoms with Gasteiger partial charge >= 0.3 is 0 Å². The number of hydrogen-bond donors (Lipinski definition) is 1. The summed E-state index contributed by atoms with van der Waals surface area (Å²) in [6.07, 6.45) is 3.99. The summed E-state index contributed by atoms with van der Waals surface area (Å²) in [4.78, 5) is 18.8. The molecule has 0 aromatic carbocycles. The minimum atomic E-state index is -0.415. The molecule has 162 valence electrons. The molecular weight excluding hydrogens is 398 g/mol. The Morgan fingerprint density at radius 3 is 2.74 bits per heavy atom. The van der Waals surface area contributed by atoms with Crippen LogP contribution in [0.5, 0.6) is 0 Å². The van der Waals surface area contributed by atoms with Gasteiger partial charge in [-0.3, -0.25) is 4.79 Å². The molecule has 0 aliphatic carbocycles. The molecule has 31 heavy (non-hydrogen) atoms. The fourth-order valence-corrected chi connectivity index (χ4v) is 4.05. The number of pyridine rings is 1. The fourth-order valence-electron chi connectivity index (χ4n) is 4.05. The Labute approximate surface area is 179 Å². The van der Waals surface area contributed by atoms with Crippen LogP contribution in [-0.4, -0.2) is 62.8 Å². The van der Waals surface area contributed by atoms with Crippen LogP contribution >= 0.6 is 0 Å². The van der Waals surface area contributed by atoms with E-state index in [0.29, 0.717) is 36.9 Å². The lowest BCUT2D eigenvalue weighted by molar-refractivity contribution is -0.169. The second kappa shape index (κ2) is 8.20. The molecule has 0 bridgehead atoms. The molecule has 3 aromatic rings. The fraction of sp³-hybridized carbons (Fsp3) is 0.476. The maximum Gasteiger partial charge on any atom is 0.225 e. The third-order valence-electron chi connectivity index (χ3n) is 5.82. The van der Waals surface area contributed by atoms with E-state index in [1.54, 1.807) is 10.7 Å². The van der Waals surface area contributed by atoms with Crippen molar-refractivity contribution in [1.29, 1.82) is 0 Å². The van der Waals surface area contributed by atoms with Gasteiger partial charge in [0.1, 0.15) is 11.6 Å². The molecule has 0 atom stereocenters. The summed E-state index contributed by atoms with van der Waals surface area (Å²) in [7, 11) is 0. The van der Waals surface area contributed by atoms with Gasteiger partial charge in [-0.25, -0.2) is 4.98 Å². The van der Waals surface area contributed by atoms with E-state index in [-0.39, 0.29) is 12.3 Å². The second-order valence-corrected chi connectivity index (χ2v) is 7.89. The Kier molecular flexibility index (Phi) is 5.24. The van der Waals surface area contributed by atoms with E-state index in [1.807, 2.05) is 31.2 Å². The molecule has 2 aliphatic heterocycles. The number of ether oxygens (including phenoxy) is 2. The lowest BCUT2D eigenvalue weighted by Crippen LogP contribution is -2.45. The van der Waals surface area contributed by atoms with Gasteiger partial charge in [0.05, 0.1) is 13.2 Å². The average Bonchev–Trinajstić information content (AvgIpc) is 3.41. The molecule has 2 fully saturated rings. The van der Waals surface area contributed by atoms with Gasteiger partial charge in [-0.05, 0) is 30.7 Å². The van der Waals surface area contributed by atoms with E-state index >= 15 is 0 Å². The summed E-state index contributed by atoms with van der Waals surface area (Å²) < 4.78 is 13.3. The molecule has 2 saturated heterocycles. The molecule has 0 radical (unpaired) electrons. The molecule has 1 N–H and O–H groups in total. The van der Waals surface area contributed by atoms with Crippen molar-refractivity contribution < 1.29 is 14.3 Å². The molecule has 10 nitrogen and oxygen atoms in total. The Hall–Kier alpha value is -3.11. The molecule has 0 saturated carbocycles. The normalized spacial score (nSPS) is 18.0. The average molecular weight is 423 g/mol. The van der Waals surface area contributed by atoms with Crippen molar-refractivity contribution >= 4 is 23.2 Å². The number of aromatic nitrogens is 5. The van der Waals surface area contributed by atoms with Crippen molar-refractivity contribution in [2.24, 2.45) is 0 Å². The van der Waals surface area contributed by atoms with Gasteiger partial charge in [0.2, 0.25) is 5.91 Å². The maximum atomic E-state index is 12.4. The molecule has 0 unspecified atom stereocenters. The number of amides is 1. The third kappa shape index (κ3) is 4.08. The second-order valence-electron chi connectivity index (χ2n) is 7.89. The number of carbonyl (C=O) groups is 1. The van der Waals surface area contributed by atoms with Crippen molar-refractivity contribution in [2.75, 3.05) is 36.5 Å². The van der Waals surface area contributed by atoms with E-state index in [1.165, 1.54) is 0 Å². The van der Waals surface area contributed by atoms with Crippen LogP contribution in [0, 0.1) is 6.92 Å². The number of piperidine rings is 1. The van der Waals surface area contributed by atoms with Gasteiger partial charge in [-0.1, -0.05) is 6.07 Å². The van der Waals surface area contributed by atoms with E-state index in [2.05, 4.69) is 25.4 Å². The van der Waals surface area contributed by atoms with Crippen LogP contribution in [0.2, 0.25) is 0 Å². The van der Waals surface area contributed by atoms with Gasteiger partial charge < -0.3 is 19.7 Å². The molecule has 5 heterocycles. The summed E-state index contributed by atoms with van der Waals surface area (Å²) in [5.74, 6) is 1.56. The predicted octanol–water partition coefficient (Wildman–Crippen LogP) is 1.74. The molecule has 1 spiro atoms. The smallest absolute Gasteiger partial charge is 0.225 e. The van der Waals surface area contributed by atoms with E-state index in [4.69, 9.17) is 14.6 Å². The van der Waals surface area contributed by atoms with Crippen molar-refractivity contribution in [1.82, 2.24) is 24.8 Å². The predicted molar refractivity (Wildman–Crippen MR) is 113 cm³/mol. The lowest BCUT2D eigenvalue weighted by Gasteiger charge is -2.38. The molecule has 1 amide bonds. The highest BCUT2D eigenvalue weighted by Crippen LogP contribution is 2.32. The number of hydrogen-bond acceptors (Lipinski definition) is 8.